The summed E-state index contributed by atoms with van der Waals surface area (Å²) in [5.74, 6) is 0.446. The topological polar surface area (TPSA) is 37.8 Å². The molecule has 100 valence electrons. The van der Waals surface area contributed by atoms with E-state index in [9.17, 15) is 4.39 Å². The predicted molar refractivity (Wildman–Crippen MR) is 79.1 cm³/mol. The zero-order valence-electron chi connectivity index (χ0n) is 10.5. The average Bonchev–Trinajstić information content (AvgIpc) is 2.42. The first-order valence-electron chi connectivity index (χ1n) is 5.77. The van der Waals surface area contributed by atoms with Crippen molar-refractivity contribution >= 4 is 33.3 Å². The van der Waals surface area contributed by atoms with Gasteiger partial charge in [-0.3, -0.25) is 0 Å². The Morgan fingerprint density at radius 3 is 2.74 bits per heavy atom. The summed E-state index contributed by atoms with van der Waals surface area (Å²) >= 11 is 9.22. The van der Waals surface area contributed by atoms with Gasteiger partial charge in [-0.15, -0.1) is 0 Å². The Morgan fingerprint density at radius 2 is 2.11 bits per heavy atom. The van der Waals surface area contributed by atoms with Gasteiger partial charge >= 0.3 is 0 Å². The van der Waals surface area contributed by atoms with Crippen molar-refractivity contribution in [2.75, 3.05) is 12.4 Å². The number of hydrogen-bond donors (Lipinski definition) is 1. The molecule has 1 aromatic heterocycles. The number of nitrogens with one attached hydrogen (secondary N) is 1. The third-order valence-corrected chi connectivity index (χ3v) is 3.81. The van der Waals surface area contributed by atoms with Crippen LogP contribution in [0.15, 0.2) is 22.7 Å². The number of nitrogens with zero attached hydrogens (tertiary/aromatic N) is 2. The van der Waals surface area contributed by atoms with Crippen molar-refractivity contribution in [3.05, 3.63) is 39.2 Å². The second-order valence-corrected chi connectivity index (χ2v) is 5.06. The lowest BCUT2D eigenvalue weighted by atomic mass is 10.2. The van der Waals surface area contributed by atoms with Crippen LogP contribution in [0.1, 0.15) is 12.6 Å². The Balaban J connectivity index is 2.65. The Bertz CT molecular complexity index is 594. The number of benzene rings is 1. The second kappa shape index (κ2) is 5.84. The van der Waals surface area contributed by atoms with Crippen LogP contribution >= 0.6 is 27.5 Å². The van der Waals surface area contributed by atoms with Crippen molar-refractivity contribution in [2.24, 2.45) is 0 Å². The summed E-state index contributed by atoms with van der Waals surface area (Å²) in [5, 5.41) is 3.02. The van der Waals surface area contributed by atoms with E-state index in [-0.39, 0.29) is 5.02 Å². The van der Waals surface area contributed by atoms with Crippen LogP contribution < -0.4 is 5.32 Å². The minimum atomic E-state index is -0.504. The number of halogens is 3. The van der Waals surface area contributed by atoms with Gasteiger partial charge in [-0.05, 0) is 34.5 Å². The van der Waals surface area contributed by atoms with Crippen LogP contribution in [0.2, 0.25) is 5.02 Å². The van der Waals surface area contributed by atoms with E-state index in [1.807, 2.05) is 6.92 Å². The fourth-order valence-corrected chi connectivity index (χ4v) is 2.52. The van der Waals surface area contributed by atoms with E-state index in [1.54, 1.807) is 19.2 Å². The summed E-state index contributed by atoms with van der Waals surface area (Å²) in [7, 11) is 1.75. The predicted octanol–water partition coefficient (Wildman–Crippen LogP) is 4.30. The molecule has 0 fully saturated rings. The Hall–Kier alpha value is -1.20. The molecule has 0 aliphatic rings. The van der Waals surface area contributed by atoms with Gasteiger partial charge in [-0.2, -0.15) is 0 Å². The number of aryl methyl sites for hydroxylation is 1. The lowest BCUT2D eigenvalue weighted by Crippen LogP contribution is -2.03. The van der Waals surface area contributed by atoms with E-state index in [4.69, 9.17) is 11.6 Å². The van der Waals surface area contributed by atoms with E-state index in [0.29, 0.717) is 23.6 Å². The van der Waals surface area contributed by atoms with Gasteiger partial charge in [-0.1, -0.05) is 24.6 Å². The zero-order chi connectivity index (χ0) is 14.0. The van der Waals surface area contributed by atoms with Gasteiger partial charge in [0, 0.05) is 7.05 Å². The first-order chi connectivity index (χ1) is 9.08. The number of hydrogen-bond acceptors (Lipinski definition) is 3. The molecule has 1 heterocycles. The third kappa shape index (κ3) is 2.72. The Labute approximate surface area is 124 Å². The van der Waals surface area contributed by atoms with Gasteiger partial charge in [0.2, 0.25) is 0 Å². The maximum Gasteiger partial charge on any atom is 0.164 e. The SMILES string of the molecule is CCc1nc(-c2cccc(Cl)c2F)nc(NC)c1Br. The molecule has 19 heavy (non-hydrogen) atoms. The lowest BCUT2D eigenvalue weighted by Gasteiger charge is -2.10. The molecule has 0 saturated heterocycles. The monoisotopic (exact) mass is 343 g/mol. The number of rotatable bonds is 3. The quantitative estimate of drug-likeness (QED) is 0.902. The molecule has 0 radical (unpaired) electrons. The fourth-order valence-electron chi connectivity index (χ4n) is 1.69. The lowest BCUT2D eigenvalue weighted by molar-refractivity contribution is 0.630. The van der Waals surface area contributed by atoms with Crippen LogP contribution in [-0.4, -0.2) is 17.0 Å². The summed E-state index contributed by atoms with van der Waals surface area (Å²) < 4.78 is 14.8. The van der Waals surface area contributed by atoms with Crippen molar-refractivity contribution in [3.8, 4) is 11.4 Å². The molecule has 1 N–H and O–H groups in total. The largest absolute Gasteiger partial charge is 0.372 e. The standard InChI is InChI=1S/C13H12BrClFN3/c1-3-9-10(14)13(17-2)19-12(18-9)7-5-4-6-8(15)11(7)16/h4-6H,3H2,1-2H3,(H,17,18,19). The highest BCUT2D eigenvalue weighted by molar-refractivity contribution is 9.10. The molecule has 0 aliphatic carbocycles. The van der Waals surface area contributed by atoms with Crippen molar-refractivity contribution in [2.45, 2.75) is 13.3 Å². The van der Waals surface area contributed by atoms with E-state index < -0.39 is 5.82 Å². The van der Waals surface area contributed by atoms with Crippen molar-refractivity contribution in [1.82, 2.24) is 9.97 Å². The number of aromatic nitrogens is 2. The summed E-state index contributed by atoms with van der Waals surface area (Å²) in [6.07, 6.45) is 0.715. The molecule has 1 aromatic carbocycles. The smallest absolute Gasteiger partial charge is 0.164 e. The summed E-state index contributed by atoms with van der Waals surface area (Å²) in [6, 6.07) is 4.79. The minimum absolute atomic E-state index is 0.0630. The molecule has 0 amide bonds. The van der Waals surface area contributed by atoms with Crippen molar-refractivity contribution < 1.29 is 4.39 Å². The maximum atomic E-state index is 14.0. The van der Waals surface area contributed by atoms with Gasteiger partial charge in [0.25, 0.3) is 0 Å². The molecule has 0 saturated carbocycles. The van der Waals surface area contributed by atoms with Crippen molar-refractivity contribution in [3.63, 3.8) is 0 Å². The molecular weight excluding hydrogens is 333 g/mol. The zero-order valence-corrected chi connectivity index (χ0v) is 12.8. The van der Waals surface area contributed by atoms with Crippen LogP contribution in [0.4, 0.5) is 10.2 Å². The van der Waals surface area contributed by atoms with E-state index in [2.05, 4.69) is 31.2 Å². The highest BCUT2D eigenvalue weighted by Crippen LogP contribution is 2.30. The minimum Gasteiger partial charge on any atom is -0.372 e. The molecule has 0 bridgehead atoms. The highest BCUT2D eigenvalue weighted by Gasteiger charge is 2.15. The molecule has 6 heteroatoms. The molecule has 0 unspecified atom stereocenters. The molecule has 2 rings (SSSR count). The van der Waals surface area contributed by atoms with E-state index in [0.717, 1.165) is 10.2 Å². The Kier molecular flexibility index (Phi) is 4.37. The third-order valence-electron chi connectivity index (χ3n) is 2.68. The highest BCUT2D eigenvalue weighted by atomic mass is 79.9. The Morgan fingerprint density at radius 1 is 1.37 bits per heavy atom. The maximum absolute atomic E-state index is 14.0. The fraction of sp³-hybridized carbons (Fsp3) is 0.231. The molecule has 0 spiro atoms. The van der Waals surface area contributed by atoms with Crippen molar-refractivity contribution in [1.29, 1.82) is 0 Å². The van der Waals surface area contributed by atoms with Crippen LogP contribution in [-0.2, 0) is 6.42 Å². The normalized spacial score (nSPS) is 10.6. The van der Waals surface area contributed by atoms with Crippen LogP contribution in [0.5, 0.6) is 0 Å². The van der Waals surface area contributed by atoms with Gasteiger partial charge < -0.3 is 5.32 Å². The van der Waals surface area contributed by atoms with E-state index >= 15 is 0 Å². The molecule has 0 aliphatic heterocycles. The van der Waals surface area contributed by atoms with Gasteiger partial charge in [-0.25, -0.2) is 14.4 Å². The summed E-state index contributed by atoms with van der Waals surface area (Å²) in [6.45, 7) is 1.98. The molecule has 0 atom stereocenters. The van der Waals surface area contributed by atoms with Crippen LogP contribution in [0.25, 0.3) is 11.4 Å². The molecule has 3 nitrogen and oxygen atoms in total. The van der Waals surface area contributed by atoms with E-state index in [1.165, 1.54) is 6.07 Å². The van der Waals surface area contributed by atoms with Gasteiger partial charge in [0.1, 0.15) is 5.82 Å². The summed E-state index contributed by atoms with van der Waals surface area (Å²) in [5.41, 5.74) is 1.11. The second-order valence-electron chi connectivity index (χ2n) is 3.86. The van der Waals surface area contributed by atoms with Gasteiger partial charge in [0.15, 0.2) is 11.6 Å². The number of anilines is 1. The molecular formula is C13H12BrClFN3. The van der Waals surface area contributed by atoms with Gasteiger partial charge in [0.05, 0.1) is 20.8 Å². The average molecular weight is 345 g/mol. The summed E-state index contributed by atoms with van der Waals surface area (Å²) in [4.78, 5) is 8.68. The first-order valence-corrected chi connectivity index (χ1v) is 6.94. The first kappa shape index (κ1) is 14.2. The van der Waals surface area contributed by atoms with Crippen LogP contribution in [0, 0.1) is 5.82 Å². The molecule has 2 aromatic rings. The van der Waals surface area contributed by atoms with Crippen LogP contribution in [0.3, 0.4) is 0 Å².